The molecular weight excluding hydrogens is 448 g/mol. The number of anilines is 1. The number of amides is 1. The topological polar surface area (TPSA) is 109 Å². The molecule has 0 bridgehead atoms. The second-order valence-corrected chi connectivity index (χ2v) is 10.2. The van der Waals surface area contributed by atoms with Crippen LogP contribution in [-0.4, -0.2) is 47.0 Å². The van der Waals surface area contributed by atoms with E-state index in [2.05, 4.69) is 15.3 Å². The van der Waals surface area contributed by atoms with Gasteiger partial charge in [-0.15, -0.1) is 11.3 Å². The summed E-state index contributed by atoms with van der Waals surface area (Å²) in [4.78, 5) is 33.3. The summed E-state index contributed by atoms with van der Waals surface area (Å²) in [6.07, 6.45) is 3.52. The first kappa shape index (κ1) is 22.3. The Morgan fingerprint density at radius 2 is 1.88 bits per heavy atom. The number of Topliss-reactive ketones (excluding diaryl/α,β-unsaturated/α-hetero) is 1. The molecule has 0 spiro atoms. The lowest BCUT2D eigenvalue weighted by molar-refractivity contribution is -0.120. The van der Waals surface area contributed by atoms with Gasteiger partial charge in [-0.1, -0.05) is 24.6 Å². The molecule has 32 heavy (non-hydrogen) atoms. The number of thiazole rings is 1. The minimum Gasteiger partial charge on any atom is -0.301 e. The molecule has 1 unspecified atom stereocenters. The molecule has 0 radical (unpaired) electrons. The molecule has 10 heteroatoms. The van der Waals surface area contributed by atoms with Gasteiger partial charge in [0.2, 0.25) is 15.9 Å². The first-order valence-corrected chi connectivity index (χ1v) is 12.5. The molecule has 0 aliphatic carbocycles. The van der Waals surface area contributed by atoms with Crippen molar-refractivity contribution in [2.24, 2.45) is 0 Å². The Balaban J connectivity index is 1.53. The summed E-state index contributed by atoms with van der Waals surface area (Å²) in [6.45, 7) is 1.68. The van der Waals surface area contributed by atoms with Gasteiger partial charge in [0.05, 0.1) is 10.6 Å². The van der Waals surface area contributed by atoms with Crippen molar-refractivity contribution in [3.05, 3.63) is 59.6 Å². The summed E-state index contributed by atoms with van der Waals surface area (Å²) in [5.41, 5.74) is 1.77. The van der Waals surface area contributed by atoms with E-state index in [1.807, 2.05) is 18.2 Å². The number of nitrogens with one attached hydrogen (secondary N) is 1. The maximum Gasteiger partial charge on any atom is 0.244 e. The highest BCUT2D eigenvalue weighted by Crippen LogP contribution is 2.28. The van der Waals surface area contributed by atoms with Crippen LogP contribution in [0.15, 0.2) is 58.9 Å². The highest BCUT2D eigenvalue weighted by Gasteiger charge is 2.38. The summed E-state index contributed by atoms with van der Waals surface area (Å²) in [5, 5.41) is 4.96. The lowest BCUT2D eigenvalue weighted by atomic mass is 10.0. The number of hydrogen-bond acceptors (Lipinski definition) is 7. The molecule has 1 N–H and O–H groups in total. The van der Waals surface area contributed by atoms with Crippen molar-refractivity contribution in [1.29, 1.82) is 0 Å². The van der Waals surface area contributed by atoms with Crippen molar-refractivity contribution in [1.82, 2.24) is 14.3 Å². The molecule has 3 aromatic rings. The van der Waals surface area contributed by atoms with E-state index in [0.29, 0.717) is 34.9 Å². The highest BCUT2D eigenvalue weighted by atomic mass is 32.2. The van der Waals surface area contributed by atoms with Crippen molar-refractivity contribution < 1.29 is 18.0 Å². The van der Waals surface area contributed by atoms with E-state index in [1.165, 1.54) is 46.8 Å². The number of carbonyl (C=O) groups excluding carboxylic acids is 2. The summed E-state index contributed by atoms with van der Waals surface area (Å²) < 4.78 is 27.8. The van der Waals surface area contributed by atoms with Crippen LogP contribution in [0.4, 0.5) is 5.13 Å². The molecule has 1 aliphatic rings. The Morgan fingerprint density at radius 1 is 1.09 bits per heavy atom. The zero-order valence-electron chi connectivity index (χ0n) is 17.4. The molecule has 4 rings (SSSR count). The van der Waals surface area contributed by atoms with Crippen LogP contribution in [0.1, 0.15) is 36.5 Å². The maximum atomic E-state index is 13.3. The number of hydrogen-bond donors (Lipinski definition) is 1. The maximum absolute atomic E-state index is 13.3. The molecule has 1 amide bonds. The largest absolute Gasteiger partial charge is 0.301 e. The third-order valence-corrected chi connectivity index (χ3v) is 7.97. The molecular formula is C22H22N4O4S2. The first-order valence-electron chi connectivity index (χ1n) is 10.2. The summed E-state index contributed by atoms with van der Waals surface area (Å²) in [7, 11) is -3.89. The molecule has 1 aromatic carbocycles. The van der Waals surface area contributed by atoms with E-state index < -0.39 is 22.0 Å². The second kappa shape index (κ2) is 9.27. The van der Waals surface area contributed by atoms with Gasteiger partial charge in [0.15, 0.2) is 10.9 Å². The second-order valence-electron chi connectivity index (χ2n) is 7.45. The number of pyridine rings is 1. The first-order chi connectivity index (χ1) is 15.4. The quantitative estimate of drug-likeness (QED) is 0.552. The van der Waals surface area contributed by atoms with Gasteiger partial charge in [-0.25, -0.2) is 13.4 Å². The van der Waals surface area contributed by atoms with Crippen LogP contribution >= 0.6 is 11.3 Å². The standard InChI is InChI=1S/C22H22N4O4S2/c1-15(27)16-8-10-17(11-9-16)32(29,30)26-13-5-3-7-20(26)21(28)25-22-24-19(14-31-22)18-6-2-4-12-23-18/h2,4,6,8-12,14,20H,3,5,7,13H2,1H3,(H,24,25,28). The number of benzene rings is 1. The number of carbonyl (C=O) groups is 2. The van der Waals surface area contributed by atoms with Gasteiger partial charge in [-0.3, -0.25) is 14.6 Å². The zero-order valence-corrected chi connectivity index (χ0v) is 19.0. The van der Waals surface area contributed by atoms with Crippen LogP contribution in [0, 0.1) is 0 Å². The van der Waals surface area contributed by atoms with Crippen molar-refractivity contribution in [2.75, 3.05) is 11.9 Å². The third kappa shape index (κ3) is 4.62. The lowest BCUT2D eigenvalue weighted by Gasteiger charge is -2.33. The Bertz CT molecular complexity index is 1220. The van der Waals surface area contributed by atoms with E-state index in [9.17, 15) is 18.0 Å². The van der Waals surface area contributed by atoms with Crippen LogP contribution in [0.3, 0.4) is 0 Å². The van der Waals surface area contributed by atoms with E-state index in [0.717, 1.165) is 6.42 Å². The zero-order chi connectivity index (χ0) is 22.7. The molecule has 166 valence electrons. The number of ketones is 1. The Morgan fingerprint density at radius 3 is 2.56 bits per heavy atom. The van der Waals surface area contributed by atoms with Gasteiger partial charge < -0.3 is 5.32 Å². The predicted octanol–water partition coefficient (Wildman–Crippen LogP) is 3.59. The molecule has 1 atom stereocenters. The van der Waals surface area contributed by atoms with E-state index in [1.54, 1.807) is 11.6 Å². The summed E-state index contributed by atoms with van der Waals surface area (Å²) in [6, 6.07) is 10.5. The third-order valence-electron chi connectivity index (χ3n) is 5.29. The Labute approximate surface area is 190 Å². The van der Waals surface area contributed by atoms with Crippen LogP contribution in [0.2, 0.25) is 0 Å². The van der Waals surface area contributed by atoms with Crippen molar-refractivity contribution in [2.45, 2.75) is 37.1 Å². The molecule has 0 saturated carbocycles. The minimum atomic E-state index is -3.89. The minimum absolute atomic E-state index is 0.0638. The monoisotopic (exact) mass is 470 g/mol. The fraction of sp³-hybridized carbons (Fsp3) is 0.273. The van der Waals surface area contributed by atoms with Gasteiger partial charge in [0.25, 0.3) is 0 Å². The normalized spacial score (nSPS) is 17.1. The van der Waals surface area contributed by atoms with Crippen LogP contribution in [0.5, 0.6) is 0 Å². The number of sulfonamides is 1. The smallest absolute Gasteiger partial charge is 0.244 e. The summed E-state index contributed by atoms with van der Waals surface area (Å²) in [5.74, 6) is -0.548. The number of rotatable bonds is 6. The van der Waals surface area contributed by atoms with Gasteiger partial charge >= 0.3 is 0 Å². The summed E-state index contributed by atoms with van der Waals surface area (Å²) >= 11 is 1.26. The van der Waals surface area contributed by atoms with Gasteiger partial charge in [0.1, 0.15) is 11.7 Å². The van der Waals surface area contributed by atoms with Crippen molar-refractivity contribution in [3.63, 3.8) is 0 Å². The average Bonchev–Trinajstić information content (AvgIpc) is 3.28. The van der Waals surface area contributed by atoms with E-state index in [4.69, 9.17) is 0 Å². The van der Waals surface area contributed by atoms with Crippen LogP contribution in [-0.2, 0) is 14.8 Å². The fourth-order valence-corrected chi connectivity index (χ4v) is 5.97. The van der Waals surface area contributed by atoms with Gasteiger partial charge in [-0.05, 0) is 44.0 Å². The Kier molecular flexibility index (Phi) is 6.45. The predicted molar refractivity (Wildman–Crippen MR) is 122 cm³/mol. The molecule has 1 saturated heterocycles. The molecule has 3 heterocycles. The lowest BCUT2D eigenvalue weighted by Crippen LogP contribution is -2.49. The van der Waals surface area contributed by atoms with Crippen molar-refractivity contribution in [3.8, 4) is 11.4 Å². The number of aromatic nitrogens is 2. The highest BCUT2D eigenvalue weighted by molar-refractivity contribution is 7.89. The van der Waals surface area contributed by atoms with Crippen LogP contribution < -0.4 is 5.32 Å². The van der Waals surface area contributed by atoms with Gasteiger partial charge in [-0.2, -0.15) is 4.31 Å². The Hall–Kier alpha value is -2.95. The van der Waals surface area contributed by atoms with Crippen LogP contribution in [0.25, 0.3) is 11.4 Å². The molecule has 8 nitrogen and oxygen atoms in total. The number of nitrogens with zero attached hydrogens (tertiary/aromatic N) is 3. The fourth-order valence-electron chi connectivity index (χ4n) is 3.60. The molecule has 1 aliphatic heterocycles. The average molecular weight is 471 g/mol. The SMILES string of the molecule is CC(=O)c1ccc(S(=O)(=O)N2CCCCC2C(=O)Nc2nc(-c3ccccn3)cs2)cc1. The van der Waals surface area contributed by atoms with E-state index >= 15 is 0 Å². The van der Waals surface area contributed by atoms with Gasteiger partial charge in [0, 0.05) is 23.7 Å². The van der Waals surface area contributed by atoms with Crippen molar-refractivity contribution >= 4 is 38.2 Å². The number of piperidine rings is 1. The molecule has 2 aromatic heterocycles. The van der Waals surface area contributed by atoms with E-state index in [-0.39, 0.29) is 17.2 Å². The molecule has 1 fully saturated rings.